The van der Waals surface area contributed by atoms with Crippen molar-refractivity contribution in [2.45, 2.75) is 46.1 Å². The maximum Gasteiger partial charge on any atom is 0.643 e. The summed E-state index contributed by atoms with van der Waals surface area (Å²) >= 11 is -1.72. The number of phenolic OH excluding ortho intramolecular Hbond substituents is 1. The average molecular weight is 876 g/mol. The fourth-order valence-electron chi connectivity index (χ4n) is 4.92. The van der Waals surface area contributed by atoms with Crippen LogP contribution in [-0.2, 0) is 38.6 Å². The van der Waals surface area contributed by atoms with Crippen LogP contribution in [0.4, 0.5) is 0 Å². The van der Waals surface area contributed by atoms with Gasteiger partial charge in [-0.25, -0.2) is 39.7 Å². The Hall–Kier alpha value is -5.54. The zero-order valence-corrected chi connectivity index (χ0v) is 35.8. The normalized spacial score (nSPS) is 9.92. The first-order valence-electron chi connectivity index (χ1n) is 18.0. The third-order valence-corrected chi connectivity index (χ3v) is 7.85. The van der Waals surface area contributed by atoms with Crippen LogP contribution in [0.2, 0.25) is 0 Å². The van der Waals surface area contributed by atoms with Crippen LogP contribution in [0.25, 0.3) is 0 Å². The number of benzene rings is 5. The Morgan fingerprint density at radius 3 is 1.42 bits per heavy atom. The average Bonchev–Trinajstić information content (AvgIpc) is 3.22. The minimum atomic E-state index is -1.72. The first-order chi connectivity index (χ1) is 28.2. The van der Waals surface area contributed by atoms with Gasteiger partial charge < -0.3 is 28.8 Å². The molecule has 14 heteroatoms. The molecule has 0 atom stereocenters. The van der Waals surface area contributed by atoms with Crippen LogP contribution >= 0.6 is 30.1 Å². The van der Waals surface area contributed by atoms with Crippen LogP contribution in [0.1, 0.15) is 40.7 Å². The van der Waals surface area contributed by atoms with Gasteiger partial charge in [0.2, 0.25) is 0 Å². The number of hydrogen-bond acceptors (Lipinski definition) is 10. The molecule has 0 heterocycles. The molecule has 0 unspecified atom stereocenters. The number of halogens is 3. The van der Waals surface area contributed by atoms with Gasteiger partial charge in [0.05, 0.1) is 0 Å². The van der Waals surface area contributed by atoms with E-state index in [1.165, 1.54) is 12.1 Å². The molecule has 5 rings (SSSR count). The highest BCUT2D eigenvalue weighted by Crippen LogP contribution is 2.26. The lowest BCUT2D eigenvalue weighted by Crippen LogP contribution is -2.10. The van der Waals surface area contributed by atoms with Crippen molar-refractivity contribution in [2.24, 2.45) is 0 Å². The number of ether oxygens (including phenoxy) is 5. The molecule has 0 saturated carbocycles. The first kappa shape index (κ1) is 47.8. The molecule has 0 aliphatic carbocycles. The minimum absolute atomic E-state index is 0.129. The molecule has 306 valence electrons. The van der Waals surface area contributed by atoms with Crippen molar-refractivity contribution in [1.82, 2.24) is 0 Å². The Labute approximate surface area is 360 Å². The van der Waals surface area contributed by atoms with Gasteiger partial charge in [0.15, 0.2) is 0 Å². The van der Waals surface area contributed by atoms with E-state index in [0.29, 0.717) is 48.0 Å². The highest BCUT2D eigenvalue weighted by atomic mass is 35.8. The summed E-state index contributed by atoms with van der Waals surface area (Å²) in [5.41, 5.74) is 4.47. The quantitative estimate of drug-likeness (QED) is 0.0469. The lowest BCUT2D eigenvalue weighted by Gasteiger charge is -2.11. The molecule has 5 aromatic rings. The second kappa shape index (κ2) is 25.7. The number of esters is 4. The highest BCUT2D eigenvalue weighted by Gasteiger charge is 2.11. The number of hydrogen-bond donors (Lipinski definition) is 1. The molecule has 5 aromatic carbocycles. The molecule has 10 nitrogen and oxygen atoms in total. The number of carbonyl (C=O) groups is 4. The Morgan fingerprint density at radius 2 is 1.00 bits per heavy atom. The summed E-state index contributed by atoms with van der Waals surface area (Å²) < 4.78 is 26.6. The van der Waals surface area contributed by atoms with Crippen molar-refractivity contribution >= 4 is 65.4 Å². The third-order valence-electron chi connectivity index (χ3n) is 7.85. The van der Waals surface area contributed by atoms with E-state index < -0.39 is 23.3 Å². The van der Waals surface area contributed by atoms with E-state index in [-0.39, 0.29) is 30.5 Å². The molecule has 0 fully saturated rings. The Bertz CT molecular complexity index is 2160. The van der Waals surface area contributed by atoms with E-state index in [4.69, 9.17) is 53.8 Å². The zero-order valence-electron chi connectivity index (χ0n) is 32.4. The Kier molecular flexibility index (Phi) is 20.9. The predicted octanol–water partition coefficient (Wildman–Crippen LogP) is 10.2. The summed E-state index contributed by atoms with van der Waals surface area (Å²) in [5.74, 6) is 0.955. The van der Waals surface area contributed by atoms with Gasteiger partial charge in [-0.3, -0.25) is 9.59 Å². The van der Waals surface area contributed by atoms with E-state index in [9.17, 15) is 24.3 Å². The summed E-state index contributed by atoms with van der Waals surface area (Å²) in [7, 11) is 14.8. The van der Waals surface area contributed by atoms with E-state index in [1.54, 1.807) is 61.5 Å². The molecule has 1 N–H and O–H groups in total. The molecule has 0 amide bonds. The summed E-state index contributed by atoms with van der Waals surface area (Å²) in [6, 6.07) is 33.7. The van der Waals surface area contributed by atoms with E-state index in [1.807, 2.05) is 55.5 Å². The van der Waals surface area contributed by atoms with Crippen molar-refractivity contribution in [3.8, 4) is 34.5 Å². The van der Waals surface area contributed by atoms with Crippen LogP contribution in [0.5, 0.6) is 34.5 Å². The molecule has 0 aromatic heterocycles. The van der Waals surface area contributed by atoms with Crippen molar-refractivity contribution in [1.29, 1.82) is 0 Å². The predicted molar refractivity (Wildman–Crippen MR) is 231 cm³/mol. The molecule has 59 heavy (non-hydrogen) atoms. The van der Waals surface area contributed by atoms with Crippen LogP contribution in [0, 0.1) is 13.8 Å². The zero-order chi connectivity index (χ0) is 43.2. The molecule has 0 radical (unpaired) electrons. The lowest BCUT2D eigenvalue weighted by molar-refractivity contribution is -0.135. The lowest BCUT2D eigenvalue weighted by atomic mass is 10.1. The number of aromatic hydroxyl groups is 1. The number of carbonyl (C=O) groups excluding carboxylic acids is 4. The molecule has 0 spiro atoms. The standard InChI is InChI=1S/C26H24O5.C19H18O5.Al.3ClH/c1-3-25(27)30-22-12-9-20(10-13-22)11-16-26(28)31-24-15-14-23(17-19(24)2)29-18-21-7-5-4-6-8-21;1-3-18(21)23-16-8-4-14(5-9-16)6-11-19(22)24-17-10-7-15(20)12-13(17)2;;;;/h3-10,12-15,17H,1,11,16,18H2,2H3;3-5,7-10,12,20H,1,6,11H2,2H3;;3*1H/q;;+3;;;/p-3. The molecule has 0 aliphatic heterocycles. The molecule has 0 saturated heterocycles. The fourth-order valence-corrected chi connectivity index (χ4v) is 4.92. The summed E-state index contributed by atoms with van der Waals surface area (Å²) in [4.78, 5) is 46.4. The van der Waals surface area contributed by atoms with Crippen molar-refractivity contribution in [2.75, 3.05) is 0 Å². The second-order valence-electron chi connectivity index (χ2n) is 12.4. The van der Waals surface area contributed by atoms with Crippen molar-refractivity contribution < 1.29 is 48.0 Å². The smallest absolute Gasteiger partial charge is 0.508 e. The molecular formula is C45H42AlCl3O10. The SMILES string of the molecule is C=CC(=O)Oc1ccc(CCC(=O)Oc2ccc(O)cc2C)cc1.C=CC(=O)Oc1ccc(CCC(=O)Oc2ccc(OCc3ccccc3)cc2C)cc1.[Cl][Al]([Cl])[Cl]. The Balaban J connectivity index is 0.000000297. The number of phenols is 1. The van der Waals surface area contributed by atoms with Crippen molar-refractivity contribution in [3.05, 3.63) is 168 Å². The molecular weight excluding hydrogens is 834 g/mol. The van der Waals surface area contributed by atoms with Gasteiger partial charge in [0.1, 0.15) is 41.1 Å². The van der Waals surface area contributed by atoms with Gasteiger partial charge >= 0.3 is 35.3 Å². The summed E-state index contributed by atoms with van der Waals surface area (Å²) in [6.07, 6.45) is 3.67. The molecule has 0 bridgehead atoms. The van der Waals surface area contributed by atoms with E-state index in [2.05, 4.69) is 13.2 Å². The maximum absolute atomic E-state index is 12.3. The van der Waals surface area contributed by atoms with Gasteiger partial charge in [-0.1, -0.05) is 67.8 Å². The van der Waals surface area contributed by atoms with Gasteiger partial charge in [-0.2, -0.15) is 0 Å². The van der Waals surface area contributed by atoms with Crippen LogP contribution in [0.15, 0.2) is 141 Å². The van der Waals surface area contributed by atoms with Gasteiger partial charge in [0.25, 0.3) is 0 Å². The number of rotatable bonds is 15. The summed E-state index contributed by atoms with van der Waals surface area (Å²) in [6.45, 7) is 10.8. The van der Waals surface area contributed by atoms with E-state index in [0.717, 1.165) is 40.2 Å². The fraction of sp³-hybridized carbons (Fsp3) is 0.156. The Morgan fingerprint density at radius 1 is 0.576 bits per heavy atom. The van der Waals surface area contributed by atoms with Gasteiger partial charge in [-0.15, -0.1) is 0 Å². The first-order valence-corrected chi connectivity index (χ1v) is 23.2. The van der Waals surface area contributed by atoms with Gasteiger partial charge in [-0.05, 0) is 115 Å². The molecule has 0 aliphatic rings. The van der Waals surface area contributed by atoms with Crippen LogP contribution in [0.3, 0.4) is 0 Å². The van der Waals surface area contributed by atoms with E-state index >= 15 is 0 Å². The van der Waals surface area contributed by atoms with Gasteiger partial charge in [0, 0.05) is 25.0 Å². The van der Waals surface area contributed by atoms with Crippen LogP contribution in [-0.4, -0.2) is 40.4 Å². The summed E-state index contributed by atoms with van der Waals surface area (Å²) in [5, 5.41) is 9.34. The topological polar surface area (TPSA) is 135 Å². The van der Waals surface area contributed by atoms with Crippen LogP contribution < -0.4 is 23.7 Å². The highest BCUT2D eigenvalue weighted by molar-refractivity contribution is 7.54. The largest absolute Gasteiger partial charge is 0.643 e. The monoisotopic (exact) mass is 874 g/mol. The third kappa shape index (κ3) is 19.2. The maximum atomic E-state index is 12.3. The van der Waals surface area contributed by atoms with Crippen molar-refractivity contribution in [3.63, 3.8) is 0 Å². The number of aryl methyl sites for hydroxylation is 4. The minimum Gasteiger partial charge on any atom is -0.508 e. The second-order valence-corrected chi connectivity index (χ2v) is 18.8.